The van der Waals surface area contributed by atoms with Crippen LogP contribution in [0.5, 0.6) is 0 Å². The highest BCUT2D eigenvalue weighted by molar-refractivity contribution is 4.91. The van der Waals surface area contributed by atoms with Crippen LogP contribution in [0.3, 0.4) is 0 Å². The van der Waals surface area contributed by atoms with Crippen LogP contribution in [-0.2, 0) is 4.74 Å². The molecule has 104 valence electrons. The van der Waals surface area contributed by atoms with Gasteiger partial charge < -0.3 is 4.74 Å². The number of ether oxygens (including phenoxy) is 1. The highest BCUT2D eigenvalue weighted by atomic mass is 16.6. The van der Waals surface area contributed by atoms with Gasteiger partial charge in [-0.15, -0.1) is 0 Å². The van der Waals surface area contributed by atoms with Gasteiger partial charge in [-0.1, -0.05) is 57.1 Å². The van der Waals surface area contributed by atoms with Crippen LogP contribution in [0.4, 0.5) is 0 Å². The zero-order valence-corrected chi connectivity index (χ0v) is 12.0. The Bertz CT molecular complexity index is 240. The molecule has 1 atom stereocenters. The summed E-state index contributed by atoms with van der Waals surface area (Å²) in [5.74, 6) is 0. The zero-order chi connectivity index (χ0) is 12.5. The van der Waals surface area contributed by atoms with E-state index in [9.17, 15) is 0 Å². The molecule has 1 unspecified atom stereocenters. The van der Waals surface area contributed by atoms with Crippen LogP contribution in [0.25, 0.3) is 0 Å². The monoisotopic (exact) mass is 250 g/mol. The lowest BCUT2D eigenvalue weighted by molar-refractivity contribution is 0.260. The molecule has 0 N–H and O–H groups in total. The van der Waals surface area contributed by atoms with Gasteiger partial charge in [0.1, 0.15) is 0 Å². The van der Waals surface area contributed by atoms with E-state index in [2.05, 4.69) is 12.2 Å². The van der Waals surface area contributed by atoms with E-state index in [4.69, 9.17) is 4.74 Å². The number of hydrogen-bond donors (Lipinski definition) is 0. The van der Waals surface area contributed by atoms with E-state index in [-0.39, 0.29) is 0 Å². The molecule has 0 bridgehead atoms. The summed E-state index contributed by atoms with van der Waals surface area (Å²) >= 11 is 0. The van der Waals surface area contributed by atoms with Crippen LogP contribution in [0.2, 0.25) is 0 Å². The summed E-state index contributed by atoms with van der Waals surface area (Å²) in [4.78, 5) is 0. The Morgan fingerprint density at radius 1 is 0.611 bits per heavy atom. The Hall–Kier alpha value is -0.300. The van der Waals surface area contributed by atoms with Gasteiger partial charge in [0.15, 0.2) is 0 Å². The minimum absolute atomic E-state index is 0.344. The van der Waals surface area contributed by atoms with Crippen molar-refractivity contribution in [3.8, 4) is 0 Å². The van der Waals surface area contributed by atoms with Crippen molar-refractivity contribution < 1.29 is 4.74 Å². The van der Waals surface area contributed by atoms with Crippen molar-refractivity contribution in [3.05, 3.63) is 12.2 Å². The van der Waals surface area contributed by atoms with E-state index in [1.165, 1.54) is 83.5 Å². The van der Waals surface area contributed by atoms with Crippen molar-refractivity contribution >= 4 is 0 Å². The average Bonchev–Trinajstić information content (AvgIpc) is 3.13. The summed E-state index contributed by atoms with van der Waals surface area (Å²) in [6.07, 6.45) is 22.6. The van der Waals surface area contributed by atoms with Gasteiger partial charge in [0, 0.05) is 0 Å². The SMILES string of the molecule is C1=C/CCCCCCC2(CCCCCCC/1)CO2. The molecule has 2 aliphatic rings. The van der Waals surface area contributed by atoms with Gasteiger partial charge in [-0.2, -0.15) is 0 Å². The van der Waals surface area contributed by atoms with Crippen molar-refractivity contribution in [2.45, 2.75) is 89.1 Å². The van der Waals surface area contributed by atoms with Crippen LogP contribution >= 0.6 is 0 Å². The highest BCUT2D eigenvalue weighted by Gasteiger charge is 2.42. The molecule has 1 fully saturated rings. The second-order valence-corrected chi connectivity index (χ2v) is 6.20. The van der Waals surface area contributed by atoms with E-state index >= 15 is 0 Å². The van der Waals surface area contributed by atoms with Crippen molar-refractivity contribution in [3.63, 3.8) is 0 Å². The molecule has 0 aromatic heterocycles. The molecule has 1 heteroatoms. The van der Waals surface area contributed by atoms with Gasteiger partial charge >= 0.3 is 0 Å². The quantitative estimate of drug-likeness (QED) is 0.414. The lowest BCUT2D eigenvalue weighted by atomic mass is 9.94. The third kappa shape index (κ3) is 5.56. The minimum Gasteiger partial charge on any atom is -0.370 e. The van der Waals surface area contributed by atoms with Crippen molar-refractivity contribution in [1.82, 2.24) is 0 Å². The molecule has 1 heterocycles. The number of epoxide rings is 1. The molecule has 1 aliphatic carbocycles. The molecule has 0 radical (unpaired) electrons. The average molecular weight is 250 g/mol. The van der Waals surface area contributed by atoms with Crippen LogP contribution < -0.4 is 0 Å². The molecule has 1 spiro atoms. The normalized spacial score (nSPS) is 34.2. The molecule has 0 amide bonds. The second-order valence-electron chi connectivity index (χ2n) is 6.20. The predicted molar refractivity (Wildman–Crippen MR) is 77.8 cm³/mol. The largest absolute Gasteiger partial charge is 0.370 e. The Balaban J connectivity index is 1.67. The summed E-state index contributed by atoms with van der Waals surface area (Å²) in [5.41, 5.74) is 0.344. The fourth-order valence-corrected chi connectivity index (χ4v) is 3.05. The van der Waals surface area contributed by atoms with E-state index < -0.39 is 0 Å². The van der Waals surface area contributed by atoms with Crippen LogP contribution in [-0.4, -0.2) is 12.2 Å². The van der Waals surface area contributed by atoms with Crippen LogP contribution in [0.1, 0.15) is 83.5 Å². The zero-order valence-electron chi connectivity index (χ0n) is 12.0. The van der Waals surface area contributed by atoms with E-state index in [1.54, 1.807) is 0 Å². The van der Waals surface area contributed by atoms with Crippen molar-refractivity contribution in [2.24, 2.45) is 0 Å². The maximum absolute atomic E-state index is 5.73. The van der Waals surface area contributed by atoms with Gasteiger partial charge in [0.25, 0.3) is 0 Å². The predicted octanol–water partition coefficient (Wildman–Crippen LogP) is 5.40. The molecular weight excluding hydrogens is 220 g/mol. The Kier molecular flexibility index (Phi) is 6.26. The van der Waals surface area contributed by atoms with Gasteiger partial charge in [0.2, 0.25) is 0 Å². The summed E-state index contributed by atoms with van der Waals surface area (Å²) in [5, 5.41) is 0. The van der Waals surface area contributed by atoms with Crippen molar-refractivity contribution in [1.29, 1.82) is 0 Å². The molecule has 0 aromatic rings. The second kappa shape index (κ2) is 7.99. The lowest BCUT2D eigenvalue weighted by Crippen LogP contribution is -2.10. The first-order valence-electron chi connectivity index (χ1n) is 8.20. The number of hydrogen-bond acceptors (Lipinski definition) is 1. The summed E-state index contributed by atoms with van der Waals surface area (Å²) in [6, 6.07) is 0. The van der Waals surface area contributed by atoms with Crippen LogP contribution in [0, 0.1) is 0 Å². The van der Waals surface area contributed by atoms with E-state index in [1.807, 2.05) is 0 Å². The third-order valence-corrected chi connectivity index (χ3v) is 4.48. The fraction of sp³-hybridized carbons (Fsp3) is 0.882. The van der Waals surface area contributed by atoms with Gasteiger partial charge in [-0.25, -0.2) is 0 Å². The maximum Gasteiger partial charge on any atom is 0.0916 e. The molecule has 2 rings (SSSR count). The minimum atomic E-state index is 0.344. The van der Waals surface area contributed by atoms with Gasteiger partial charge in [-0.3, -0.25) is 0 Å². The molecule has 1 nitrogen and oxygen atoms in total. The summed E-state index contributed by atoms with van der Waals surface area (Å²) in [6.45, 7) is 1.05. The summed E-state index contributed by atoms with van der Waals surface area (Å²) in [7, 11) is 0. The Morgan fingerprint density at radius 2 is 1.06 bits per heavy atom. The van der Waals surface area contributed by atoms with Gasteiger partial charge in [-0.05, 0) is 38.5 Å². The van der Waals surface area contributed by atoms with E-state index in [0.29, 0.717) is 5.60 Å². The molecule has 0 saturated carbocycles. The Morgan fingerprint density at radius 3 is 1.56 bits per heavy atom. The topological polar surface area (TPSA) is 12.5 Å². The number of allylic oxidation sites excluding steroid dienone is 2. The first kappa shape index (κ1) is 14.1. The smallest absolute Gasteiger partial charge is 0.0916 e. The highest BCUT2D eigenvalue weighted by Crippen LogP contribution is 2.38. The lowest BCUT2D eigenvalue weighted by Gasteiger charge is -2.11. The van der Waals surface area contributed by atoms with Gasteiger partial charge in [0.05, 0.1) is 12.2 Å². The van der Waals surface area contributed by atoms with E-state index in [0.717, 1.165) is 6.61 Å². The molecule has 1 saturated heterocycles. The first-order valence-corrected chi connectivity index (χ1v) is 8.20. The maximum atomic E-state index is 5.73. The standard InChI is InChI=1S/C17H30O/c1-2-4-6-8-10-12-14-17(16-18-17)15-13-11-9-7-5-3-1/h1-2H,3-16H2/b2-1+. The number of rotatable bonds is 0. The molecule has 1 aliphatic heterocycles. The fourth-order valence-electron chi connectivity index (χ4n) is 3.05. The van der Waals surface area contributed by atoms with Crippen LogP contribution in [0.15, 0.2) is 12.2 Å². The molecular formula is C17H30O. The summed E-state index contributed by atoms with van der Waals surface area (Å²) < 4.78 is 5.73. The molecule has 18 heavy (non-hydrogen) atoms. The third-order valence-electron chi connectivity index (χ3n) is 4.48. The van der Waals surface area contributed by atoms with Crippen molar-refractivity contribution in [2.75, 3.05) is 6.61 Å². The Labute approximate surface area is 113 Å². The molecule has 0 aromatic carbocycles. The first-order chi connectivity index (χ1) is 8.91.